The minimum Gasteiger partial charge on any atom is -0.480 e. The van der Waals surface area contributed by atoms with Crippen LogP contribution in [-0.4, -0.2) is 46.3 Å². The monoisotopic (exact) mass is 232 g/mol. The quantitative estimate of drug-likeness (QED) is 0.486. The fourth-order valence-electron chi connectivity index (χ4n) is 0.958. The molecular weight excluding hydrogens is 212 g/mol. The lowest BCUT2D eigenvalue weighted by molar-refractivity contribution is -0.141. The van der Waals surface area contributed by atoms with Crippen LogP contribution in [0.5, 0.6) is 0 Å². The highest BCUT2D eigenvalue weighted by Gasteiger charge is 2.26. The minimum atomic E-state index is -1.11. The number of rotatable bonds is 6. The summed E-state index contributed by atoms with van der Waals surface area (Å²) in [5, 5.41) is 23.5. The maximum Gasteiger partial charge on any atom is 0.327 e. The number of aliphatic hydroxyl groups excluding tert-OH is 1. The van der Waals surface area contributed by atoms with Crippen molar-refractivity contribution in [2.24, 2.45) is 0 Å². The van der Waals surface area contributed by atoms with Gasteiger partial charge in [-0.05, 0) is 20.8 Å². The second-order valence-electron chi connectivity index (χ2n) is 4.37. The molecule has 0 rings (SSSR count). The third-order valence-electron chi connectivity index (χ3n) is 2.48. The number of carbonyl (C=O) groups excluding carboxylic acids is 1. The Morgan fingerprint density at radius 2 is 1.88 bits per heavy atom. The van der Waals surface area contributed by atoms with Crippen molar-refractivity contribution in [1.29, 1.82) is 0 Å². The molecule has 0 spiro atoms. The lowest BCUT2D eigenvalue weighted by Gasteiger charge is -2.30. The Labute approximate surface area is 95.0 Å². The number of nitrogens with one attached hydrogen (secondary N) is 2. The summed E-state index contributed by atoms with van der Waals surface area (Å²) in [5.41, 5.74) is -0.605. The van der Waals surface area contributed by atoms with Gasteiger partial charge in [0.2, 0.25) is 5.91 Å². The van der Waals surface area contributed by atoms with Crippen molar-refractivity contribution < 1.29 is 19.8 Å². The molecule has 0 saturated heterocycles. The van der Waals surface area contributed by atoms with Gasteiger partial charge in [0.15, 0.2) is 0 Å². The van der Waals surface area contributed by atoms with Crippen LogP contribution in [0, 0.1) is 0 Å². The molecule has 0 radical (unpaired) electrons. The van der Waals surface area contributed by atoms with Gasteiger partial charge in [0.25, 0.3) is 0 Å². The summed E-state index contributed by atoms with van der Waals surface area (Å²) in [6.45, 7) is 6.44. The van der Waals surface area contributed by atoms with Gasteiger partial charge >= 0.3 is 5.97 Å². The molecule has 6 nitrogen and oxygen atoms in total. The number of hydrogen-bond donors (Lipinski definition) is 4. The molecule has 2 unspecified atom stereocenters. The fourth-order valence-corrected chi connectivity index (χ4v) is 0.958. The van der Waals surface area contributed by atoms with Crippen LogP contribution in [0.15, 0.2) is 0 Å². The van der Waals surface area contributed by atoms with E-state index in [4.69, 9.17) is 5.11 Å². The molecule has 0 aromatic heterocycles. The second-order valence-corrected chi connectivity index (χ2v) is 4.37. The predicted molar refractivity (Wildman–Crippen MR) is 59.0 cm³/mol. The van der Waals surface area contributed by atoms with Crippen molar-refractivity contribution >= 4 is 11.9 Å². The highest BCUT2D eigenvalue weighted by atomic mass is 16.4. The Morgan fingerprint density at radius 3 is 2.19 bits per heavy atom. The van der Waals surface area contributed by atoms with Crippen LogP contribution < -0.4 is 10.6 Å². The van der Waals surface area contributed by atoms with Crippen molar-refractivity contribution in [3.63, 3.8) is 0 Å². The van der Waals surface area contributed by atoms with E-state index in [-0.39, 0.29) is 6.54 Å². The number of aliphatic carboxylic acids is 1. The summed E-state index contributed by atoms with van der Waals surface area (Å²) < 4.78 is 0. The smallest absolute Gasteiger partial charge is 0.327 e. The van der Waals surface area contributed by atoms with E-state index in [9.17, 15) is 14.7 Å². The predicted octanol–water partition coefficient (Wildman–Crippen LogP) is -0.675. The van der Waals surface area contributed by atoms with E-state index in [0.717, 1.165) is 0 Å². The molecular formula is C10H20N2O4. The first-order valence-corrected chi connectivity index (χ1v) is 5.10. The second kappa shape index (κ2) is 5.81. The van der Waals surface area contributed by atoms with Crippen molar-refractivity contribution in [3.05, 3.63) is 0 Å². The topological polar surface area (TPSA) is 98.7 Å². The number of hydrogen-bond acceptors (Lipinski definition) is 4. The Morgan fingerprint density at radius 1 is 1.38 bits per heavy atom. The van der Waals surface area contributed by atoms with Crippen LogP contribution in [0.1, 0.15) is 27.7 Å². The summed E-state index contributed by atoms with van der Waals surface area (Å²) in [6.07, 6.45) is -0.626. The van der Waals surface area contributed by atoms with E-state index in [1.54, 1.807) is 20.8 Å². The highest BCUT2D eigenvalue weighted by Crippen LogP contribution is 2.07. The van der Waals surface area contributed by atoms with Gasteiger partial charge in [0.05, 0.1) is 6.10 Å². The SMILES string of the molecule is CC(=O)NC(CNC(C)(C)C(C)O)C(=O)O. The number of carboxylic acid groups (broad SMARTS) is 1. The van der Waals surface area contributed by atoms with Crippen molar-refractivity contribution in [2.75, 3.05) is 6.54 Å². The summed E-state index contributed by atoms with van der Waals surface area (Å²) in [5.74, 6) is -1.51. The van der Waals surface area contributed by atoms with Gasteiger partial charge in [-0.1, -0.05) is 0 Å². The lowest BCUT2D eigenvalue weighted by Crippen LogP contribution is -2.55. The van der Waals surface area contributed by atoms with Crippen molar-refractivity contribution in [2.45, 2.75) is 45.4 Å². The molecule has 0 bridgehead atoms. The normalized spacial score (nSPS) is 15.3. The van der Waals surface area contributed by atoms with Gasteiger partial charge in [-0.2, -0.15) is 0 Å². The van der Waals surface area contributed by atoms with E-state index >= 15 is 0 Å². The highest BCUT2D eigenvalue weighted by molar-refractivity contribution is 5.82. The average molecular weight is 232 g/mol. The van der Waals surface area contributed by atoms with Crippen LogP contribution in [0.4, 0.5) is 0 Å². The van der Waals surface area contributed by atoms with Gasteiger partial charge in [-0.3, -0.25) is 4.79 Å². The first-order valence-electron chi connectivity index (χ1n) is 5.10. The van der Waals surface area contributed by atoms with Crippen LogP contribution in [0.2, 0.25) is 0 Å². The van der Waals surface area contributed by atoms with Gasteiger partial charge in [-0.15, -0.1) is 0 Å². The van der Waals surface area contributed by atoms with Crippen LogP contribution in [0.25, 0.3) is 0 Å². The van der Waals surface area contributed by atoms with E-state index in [0.29, 0.717) is 0 Å². The molecule has 0 fully saturated rings. The van der Waals surface area contributed by atoms with Gasteiger partial charge in [0.1, 0.15) is 6.04 Å². The molecule has 0 aliphatic carbocycles. The van der Waals surface area contributed by atoms with E-state index in [1.807, 2.05) is 0 Å². The number of carbonyl (C=O) groups is 2. The van der Waals surface area contributed by atoms with Gasteiger partial charge < -0.3 is 20.8 Å². The summed E-state index contributed by atoms with van der Waals surface area (Å²) in [6, 6.07) is -0.990. The molecule has 0 saturated carbocycles. The molecule has 94 valence electrons. The van der Waals surface area contributed by atoms with Crippen LogP contribution in [-0.2, 0) is 9.59 Å². The first kappa shape index (κ1) is 14.9. The van der Waals surface area contributed by atoms with Gasteiger partial charge in [-0.25, -0.2) is 4.79 Å². The van der Waals surface area contributed by atoms with E-state index in [2.05, 4.69) is 10.6 Å². The third kappa shape index (κ3) is 5.09. The lowest BCUT2D eigenvalue weighted by atomic mass is 9.98. The maximum atomic E-state index is 10.8. The molecule has 0 heterocycles. The number of aliphatic hydroxyl groups is 1. The molecule has 4 N–H and O–H groups in total. The summed E-state index contributed by atoms with van der Waals surface area (Å²) >= 11 is 0. The van der Waals surface area contributed by atoms with E-state index in [1.165, 1.54) is 6.92 Å². The summed E-state index contributed by atoms with van der Waals surface area (Å²) in [4.78, 5) is 21.6. The molecule has 2 atom stereocenters. The number of carboxylic acids is 1. The standard InChI is InChI=1S/C10H20N2O4/c1-6(13)10(3,4)11-5-8(9(15)16)12-7(2)14/h6,8,11,13H,5H2,1-4H3,(H,12,14)(H,15,16). The zero-order chi connectivity index (χ0) is 12.9. The third-order valence-corrected chi connectivity index (χ3v) is 2.48. The molecule has 1 amide bonds. The molecule has 0 aliphatic rings. The average Bonchev–Trinajstić information content (AvgIpc) is 2.10. The van der Waals surface area contributed by atoms with Crippen molar-refractivity contribution in [3.8, 4) is 0 Å². The van der Waals surface area contributed by atoms with Gasteiger partial charge in [0, 0.05) is 19.0 Å². The maximum absolute atomic E-state index is 10.8. The van der Waals surface area contributed by atoms with Crippen molar-refractivity contribution in [1.82, 2.24) is 10.6 Å². The first-order chi connectivity index (χ1) is 7.16. The summed E-state index contributed by atoms with van der Waals surface area (Å²) in [7, 11) is 0. The van der Waals surface area contributed by atoms with Crippen LogP contribution >= 0.6 is 0 Å². The molecule has 0 aromatic carbocycles. The Kier molecular flexibility index (Phi) is 5.40. The molecule has 6 heteroatoms. The molecule has 0 aromatic rings. The zero-order valence-corrected chi connectivity index (χ0v) is 10.1. The largest absolute Gasteiger partial charge is 0.480 e. The fraction of sp³-hybridized carbons (Fsp3) is 0.800. The Balaban J connectivity index is 4.33. The van der Waals surface area contributed by atoms with Crippen LogP contribution in [0.3, 0.4) is 0 Å². The Hall–Kier alpha value is -1.14. The minimum absolute atomic E-state index is 0.0623. The van der Waals surface area contributed by atoms with E-state index < -0.39 is 29.6 Å². The Bertz CT molecular complexity index is 264. The number of amides is 1. The molecule has 16 heavy (non-hydrogen) atoms. The molecule has 0 aliphatic heterocycles. The zero-order valence-electron chi connectivity index (χ0n) is 10.1.